The molecule has 3 aromatic rings. The number of rotatable bonds is 7. The maximum absolute atomic E-state index is 12.9. The summed E-state index contributed by atoms with van der Waals surface area (Å²) in [6.07, 6.45) is 0.763. The summed E-state index contributed by atoms with van der Waals surface area (Å²) in [6.45, 7) is 7.52. The van der Waals surface area contributed by atoms with Crippen molar-refractivity contribution in [2.45, 2.75) is 45.8 Å². The van der Waals surface area contributed by atoms with E-state index in [2.05, 4.69) is 9.97 Å². The van der Waals surface area contributed by atoms with Gasteiger partial charge < -0.3 is 4.98 Å². The number of halogens is 1. The maximum Gasteiger partial charge on any atom is 0.262 e. The van der Waals surface area contributed by atoms with E-state index in [0.29, 0.717) is 50.1 Å². The average molecular weight is 432 g/mol. The summed E-state index contributed by atoms with van der Waals surface area (Å²) in [5.41, 5.74) is 2.69. The number of Topliss-reactive ketones (excluding diaryl/α,β-unsaturated/α-hetero) is 2. The first-order valence-corrected chi connectivity index (χ1v) is 10.7. The van der Waals surface area contributed by atoms with Crippen molar-refractivity contribution < 1.29 is 9.59 Å². The fraction of sp³-hybridized carbons (Fsp3) is 0.333. The zero-order valence-corrected chi connectivity index (χ0v) is 18.3. The van der Waals surface area contributed by atoms with E-state index in [9.17, 15) is 14.4 Å². The number of ketones is 2. The summed E-state index contributed by atoms with van der Waals surface area (Å²) < 4.78 is 1.60. The van der Waals surface area contributed by atoms with Crippen LogP contribution in [0.1, 0.15) is 52.4 Å². The lowest BCUT2D eigenvalue weighted by atomic mass is 10.1. The molecule has 0 unspecified atom stereocenters. The van der Waals surface area contributed by atoms with E-state index < -0.39 is 0 Å². The molecule has 0 saturated carbocycles. The highest BCUT2D eigenvalue weighted by Gasteiger charge is 2.21. The van der Waals surface area contributed by atoms with Crippen molar-refractivity contribution in [1.82, 2.24) is 14.5 Å². The molecule has 0 aliphatic carbocycles. The minimum atomic E-state index is -0.147. The number of carbonyl (C=O) groups excluding carboxylic acids is 2. The lowest BCUT2D eigenvalue weighted by Crippen LogP contribution is -2.23. The number of nitrogens with one attached hydrogen (secondary N) is 1. The van der Waals surface area contributed by atoms with E-state index >= 15 is 0 Å². The second-order valence-electron chi connectivity index (χ2n) is 6.91. The normalized spacial score (nSPS) is 11.2. The summed E-state index contributed by atoms with van der Waals surface area (Å²) in [5.74, 6) is -0.125. The summed E-state index contributed by atoms with van der Waals surface area (Å²) in [7, 11) is 0. The molecule has 0 fully saturated rings. The van der Waals surface area contributed by atoms with Crippen molar-refractivity contribution in [3.63, 3.8) is 0 Å². The molecule has 0 atom stereocenters. The van der Waals surface area contributed by atoms with E-state index in [1.807, 2.05) is 6.92 Å². The molecule has 0 saturated heterocycles. The zero-order chi connectivity index (χ0) is 21.3. The first-order chi connectivity index (χ1) is 13.7. The molecular weight excluding hydrogens is 410 g/mol. The topological polar surface area (TPSA) is 84.8 Å². The number of aromatic nitrogens is 3. The van der Waals surface area contributed by atoms with E-state index in [1.54, 1.807) is 36.6 Å². The Morgan fingerprint density at radius 3 is 2.62 bits per heavy atom. The van der Waals surface area contributed by atoms with Gasteiger partial charge in [-0.3, -0.25) is 19.0 Å². The van der Waals surface area contributed by atoms with Crippen LogP contribution in [-0.4, -0.2) is 31.9 Å². The predicted octanol–water partition coefficient (Wildman–Crippen LogP) is 4.58. The van der Waals surface area contributed by atoms with Crippen LogP contribution in [-0.2, 0) is 6.54 Å². The number of hydrogen-bond donors (Lipinski definition) is 1. The number of thioether (sulfide) groups is 1. The third kappa shape index (κ3) is 4.16. The quantitative estimate of drug-likeness (QED) is 0.336. The second-order valence-corrected chi connectivity index (χ2v) is 8.28. The van der Waals surface area contributed by atoms with Crippen LogP contribution in [0.2, 0.25) is 5.02 Å². The lowest BCUT2D eigenvalue weighted by molar-refractivity contribution is 0.101. The van der Waals surface area contributed by atoms with Crippen LogP contribution >= 0.6 is 23.4 Å². The minimum Gasteiger partial charge on any atom is -0.355 e. The highest BCUT2D eigenvalue weighted by Crippen LogP contribution is 2.24. The van der Waals surface area contributed by atoms with Gasteiger partial charge in [-0.05, 0) is 51.0 Å². The molecule has 0 aliphatic heterocycles. The Morgan fingerprint density at radius 2 is 2.00 bits per heavy atom. The number of aryl methyl sites for hydroxylation is 1. The van der Waals surface area contributed by atoms with Crippen molar-refractivity contribution in [2.24, 2.45) is 0 Å². The Labute approximate surface area is 177 Å². The van der Waals surface area contributed by atoms with Crippen molar-refractivity contribution in [3.05, 3.63) is 56.1 Å². The lowest BCUT2D eigenvalue weighted by Gasteiger charge is -2.12. The summed E-state index contributed by atoms with van der Waals surface area (Å²) in [6, 6.07) is 4.99. The number of hydrogen-bond acceptors (Lipinski definition) is 5. The Balaban J connectivity index is 1.95. The largest absolute Gasteiger partial charge is 0.355 e. The number of fused-ring (bicyclic) bond motifs is 1. The van der Waals surface area contributed by atoms with Crippen LogP contribution in [0.5, 0.6) is 0 Å². The molecule has 2 heterocycles. The molecule has 0 aliphatic rings. The Morgan fingerprint density at radius 1 is 1.28 bits per heavy atom. The van der Waals surface area contributed by atoms with Gasteiger partial charge in [0.1, 0.15) is 0 Å². The molecule has 29 heavy (non-hydrogen) atoms. The molecule has 0 bridgehead atoms. The minimum absolute atomic E-state index is 0.0761. The van der Waals surface area contributed by atoms with Crippen LogP contribution in [0.4, 0.5) is 0 Å². The molecule has 6 nitrogen and oxygen atoms in total. The van der Waals surface area contributed by atoms with Crippen molar-refractivity contribution >= 4 is 45.8 Å². The van der Waals surface area contributed by atoms with Gasteiger partial charge in [0.15, 0.2) is 16.7 Å². The van der Waals surface area contributed by atoms with Crippen molar-refractivity contribution in [3.8, 4) is 0 Å². The Kier molecular flexibility index (Phi) is 6.29. The number of nitrogens with zero attached hydrogens (tertiary/aromatic N) is 2. The summed E-state index contributed by atoms with van der Waals surface area (Å²) in [5, 5.41) is 1.48. The van der Waals surface area contributed by atoms with Crippen molar-refractivity contribution in [1.29, 1.82) is 0 Å². The molecule has 1 N–H and O–H groups in total. The summed E-state index contributed by atoms with van der Waals surface area (Å²) in [4.78, 5) is 45.1. The van der Waals surface area contributed by atoms with Gasteiger partial charge in [0.2, 0.25) is 0 Å². The van der Waals surface area contributed by atoms with Gasteiger partial charge in [-0.2, -0.15) is 0 Å². The van der Waals surface area contributed by atoms with Gasteiger partial charge in [-0.15, -0.1) is 0 Å². The molecular formula is C21H22ClN3O3S. The van der Waals surface area contributed by atoms with Gasteiger partial charge in [-0.1, -0.05) is 30.3 Å². The van der Waals surface area contributed by atoms with Gasteiger partial charge in [0.25, 0.3) is 5.56 Å². The first-order valence-electron chi connectivity index (χ1n) is 9.30. The van der Waals surface area contributed by atoms with Gasteiger partial charge >= 0.3 is 0 Å². The van der Waals surface area contributed by atoms with Gasteiger partial charge in [0, 0.05) is 22.8 Å². The van der Waals surface area contributed by atoms with E-state index in [0.717, 1.165) is 6.42 Å². The SMILES string of the molecule is CCCn1c(SCC(=O)c2[nH]c(C)c(C(C)=O)c2C)nc2cc(Cl)ccc2c1=O. The van der Waals surface area contributed by atoms with Gasteiger partial charge in [0.05, 0.1) is 22.3 Å². The highest BCUT2D eigenvalue weighted by molar-refractivity contribution is 7.99. The number of H-pyrrole nitrogens is 1. The third-order valence-corrected chi connectivity index (χ3v) is 5.94. The number of aromatic amines is 1. The molecule has 0 radical (unpaired) electrons. The van der Waals surface area contributed by atoms with Crippen LogP contribution in [0.3, 0.4) is 0 Å². The summed E-state index contributed by atoms with van der Waals surface area (Å²) >= 11 is 7.26. The fourth-order valence-corrected chi connectivity index (χ4v) is 4.53. The Bertz CT molecular complexity index is 1180. The average Bonchev–Trinajstić information content (AvgIpc) is 2.96. The maximum atomic E-state index is 12.9. The van der Waals surface area contributed by atoms with E-state index in [-0.39, 0.29) is 22.9 Å². The smallest absolute Gasteiger partial charge is 0.262 e. The van der Waals surface area contributed by atoms with E-state index in [4.69, 9.17) is 11.6 Å². The van der Waals surface area contributed by atoms with Crippen LogP contribution in [0, 0.1) is 13.8 Å². The molecule has 0 spiro atoms. The van der Waals surface area contributed by atoms with Crippen LogP contribution < -0.4 is 5.56 Å². The van der Waals surface area contributed by atoms with Crippen molar-refractivity contribution in [2.75, 3.05) is 5.75 Å². The monoisotopic (exact) mass is 431 g/mol. The molecule has 1 aromatic carbocycles. The predicted molar refractivity (Wildman–Crippen MR) is 117 cm³/mol. The molecule has 152 valence electrons. The highest BCUT2D eigenvalue weighted by atomic mass is 35.5. The van der Waals surface area contributed by atoms with E-state index in [1.165, 1.54) is 18.7 Å². The molecule has 3 rings (SSSR count). The zero-order valence-electron chi connectivity index (χ0n) is 16.8. The first kappa shape index (κ1) is 21.3. The molecule has 8 heteroatoms. The molecule has 2 aromatic heterocycles. The van der Waals surface area contributed by atoms with Gasteiger partial charge in [-0.25, -0.2) is 4.98 Å². The number of carbonyl (C=O) groups is 2. The standard InChI is InChI=1S/C21H22ClN3O3S/c1-5-8-25-20(28)15-7-6-14(22)9-16(15)24-21(25)29-10-17(27)19-11(2)18(13(4)26)12(3)23-19/h6-7,9,23H,5,8,10H2,1-4H3. The molecule has 0 amide bonds. The van der Waals surface area contributed by atoms with Crippen LogP contribution in [0.15, 0.2) is 28.2 Å². The van der Waals surface area contributed by atoms with Crippen LogP contribution in [0.25, 0.3) is 10.9 Å². The third-order valence-electron chi connectivity index (χ3n) is 4.73. The Hall–Kier alpha value is -2.38. The second kappa shape index (κ2) is 8.55. The number of benzene rings is 1. The fourth-order valence-electron chi connectivity index (χ4n) is 3.46.